The standard InChI is InChI=1S/C12H16N2O3/c1-17-11-9(3-2-4-10(11)15)14-6-5-8(7-14)12(13)16/h2-4,8,15H,5-7H2,1H3,(H2,13,16). The molecule has 17 heavy (non-hydrogen) atoms. The van der Waals surface area contributed by atoms with Gasteiger partial charge in [0.2, 0.25) is 5.91 Å². The van der Waals surface area contributed by atoms with E-state index in [1.807, 2.05) is 11.0 Å². The molecule has 1 heterocycles. The third-order valence-corrected chi connectivity index (χ3v) is 3.11. The molecule has 1 fully saturated rings. The minimum absolute atomic E-state index is 0.104. The molecule has 0 radical (unpaired) electrons. The predicted octanol–water partition coefficient (Wildman–Crippen LogP) is 0.712. The van der Waals surface area contributed by atoms with Crippen LogP contribution in [0.4, 0.5) is 5.69 Å². The average molecular weight is 236 g/mol. The number of rotatable bonds is 3. The van der Waals surface area contributed by atoms with Gasteiger partial charge in [-0.25, -0.2) is 0 Å². The van der Waals surface area contributed by atoms with Crippen LogP contribution in [-0.2, 0) is 4.79 Å². The number of anilines is 1. The van der Waals surface area contributed by atoms with Crippen LogP contribution in [0.5, 0.6) is 11.5 Å². The lowest BCUT2D eigenvalue weighted by Gasteiger charge is -2.21. The van der Waals surface area contributed by atoms with Crippen molar-refractivity contribution in [1.29, 1.82) is 0 Å². The summed E-state index contributed by atoms with van der Waals surface area (Å²) in [5.41, 5.74) is 6.09. The van der Waals surface area contributed by atoms with Crippen molar-refractivity contribution >= 4 is 11.6 Å². The number of benzene rings is 1. The number of carbonyl (C=O) groups excluding carboxylic acids is 1. The fourth-order valence-corrected chi connectivity index (χ4v) is 2.18. The summed E-state index contributed by atoms with van der Waals surface area (Å²) in [4.78, 5) is 13.1. The van der Waals surface area contributed by atoms with Gasteiger partial charge >= 0.3 is 0 Å². The summed E-state index contributed by atoms with van der Waals surface area (Å²) in [5.74, 6) is 0.152. The van der Waals surface area contributed by atoms with E-state index in [-0.39, 0.29) is 17.6 Å². The number of primary amides is 1. The molecular formula is C12H16N2O3. The van der Waals surface area contributed by atoms with Gasteiger partial charge < -0.3 is 20.5 Å². The third kappa shape index (κ3) is 2.13. The normalized spacial score (nSPS) is 19.4. The van der Waals surface area contributed by atoms with E-state index in [0.29, 0.717) is 12.3 Å². The van der Waals surface area contributed by atoms with E-state index in [2.05, 4.69) is 0 Å². The first-order chi connectivity index (χ1) is 8.13. The fourth-order valence-electron chi connectivity index (χ4n) is 2.18. The SMILES string of the molecule is COc1c(O)cccc1N1CCC(C(N)=O)C1. The van der Waals surface area contributed by atoms with Gasteiger partial charge in [-0.05, 0) is 18.6 Å². The summed E-state index contributed by atoms with van der Waals surface area (Å²) in [6.45, 7) is 1.32. The smallest absolute Gasteiger partial charge is 0.222 e. The molecule has 0 bridgehead atoms. The zero-order valence-corrected chi connectivity index (χ0v) is 9.72. The Bertz CT molecular complexity index is 434. The van der Waals surface area contributed by atoms with E-state index >= 15 is 0 Å². The molecule has 3 N–H and O–H groups in total. The Hall–Kier alpha value is -1.91. The van der Waals surface area contributed by atoms with Crippen molar-refractivity contribution in [3.8, 4) is 11.5 Å². The number of phenols is 1. The van der Waals surface area contributed by atoms with Crippen molar-refractivity contribution in [1.82, 2.24) is 0 Å². The van der Waals surface area contributed by atoms with Crippen LogP contribution in [-0.4, -0.2) is 31.2 Å². The molecule has 1 aliphatic rings. The maximum Gasteiger partial charge on any atom is 0.222 e. The van der Waals surface area contributed by atoms with E-state index in [1.54, 1.807) is 12.1 Å². The van der Waals surface area contributed by atoms with E-state index < -0.39 is 0 Å². The second-order valence-corrected chi connectivity index (χ2v) is 4.16. The molecular weight excluding hydrogens is 220 g/mol. The summed E-state index contributed by atoms with van der Waals surface area (Å²) in [5, 5.41) is 9.68. The summed E-state index contributed by atoms with van der Waals surface area (Å²) in [6, 6.07) is 5.19. The molecule has 1 aromatic rings. The fraction of sp³-hybridized carbons (Fsp3) is 0.417. The van der Waals surface area contributed by atoms with Crippen LogP contribution in [0.1, 0.15) is 6.42 Å². The van der Waals surface area contributed by atoms with E-state index in [4.69, 9.17) is 10.5 Å². The Morgan fingerprint density at radius 1 is 1.59 bits per heavy atom. The van der Waals surface area contributed by atoms with Crippen molar-refractivity contribution in [2.24, 2.45) is 11.7 Å². The van der Waals surface area contributed by atoms with Crippen molar-refractivity contribution < 1.29 is 14.6 Å². The Kier molecular flexibility index (Phi) is 3.08. The maximum atomic E-state index is 11.1. The maximum absolute atomic E-state index is 11.1. The van der Waals surface area contributed by atoms with Crippen molar-refractivity contribution in [3.05, 3.63) is 18.2 Å². The van der Waals surface area contributed by atoms with Gasteiger partial charge in [0.25, 0.3) is 0 Å². The summed E-state index contributed by atoms with van der Waals surface area (Å²) < 4.78 is 5.18. The molecule has 5 heteroatoms. The third-order valence-electron chi connectivity index (χ3n) is 3.11. The van der Waals surface area contributed by atoms with Gasteiger partial charge in [0, 0.05) is 13.1 Å². The van der Waals surface area contributed by atoms with Gasteiger partial charge in [-0.2, -0.15) is 0 Å². The molecule has 1 unspecified atom stereocenters. The number of aromatic hydroxyl groups is 1. The van der Waals surface area contributed by atoms with Crippen LogP contribution in [0.15, 0.2) is 18.2 Å². The van der Waals surface area contributed by atoms with Crippen LogP contribution < -0.4 is 15.4 Å². The number of hydrogen-bond acceptors (Lipinski definition) is 4. The zero-order valence-electron chi connectivity index (χ0n) is 9.72. The molecule has 5 nitrogen and oxygen atoms in total. The molecule has 0 saturated carbocycles. The Balaban J connectivity index is 2.24. The quantitative estimate of drug-likeness (QED) is 0.810. The highest BCUT2D eigenvalue weighted by Gasteiger charge is 2.28. The number of nitrogens with zero attached hydrogens (tertiary/aromatic N) is 1. The Morgan fingerprint density at radius 3 is 2.94 bits per heavy atom. The van der Waals surface area contributed by atoms with Crippen LogP contribution in [0.3, 0.4) is 0 Å². The highest BCUT2D eigenvalue weighted by molar-refractivity contribution is 5.78. The van der Waals surface area contributed by atoms with Crippen molar-refractivity contribution in [3.63, 3.8) is 0 Å². The van der Waals surface area contributed by atoms with E-state index in [9.17, 15) is 9.90 Å². The van der Waals surface area contributed by atoms with Crippen molar-refractivity contribution in [2.45, 2.75) is 6.42 Å². The van der Waals surface area contributed by atoms with Gasteiger partial charge in [-0.15, -0.1) is 0 Å². The minimum Gasteiger partial charge on any atom is -0.504 e. The second-order valence-electron chi connectivity index (χ2n) is 4.16. The van der Waals surface area contributed by atoms with Gasteiger partial charge in [-0.1, -0.05) is 6.07 Å². The van der Waals surface area contributed by atoms with E-state index in [0.717, 1.165) is 18.7 Å². The number of hydrogen-bond donors (Lipinski definition) is 2. The largest absolute Gasteiger partial charge is 0.504 e. The Morgan fingerprint density at radius 2 is 2.35 bits per heavy atom. The van der Waals surface area contributed by atoms with Crippen LogP contribution in [0, 0.1) is 5.92 Å². The number of para-hydroxylation sites is 1. The predicted molar refractivity (Wildman–Crippen MR) is 64.2 cm³/mol. The van der Waals surface area contributed by atoms with E-state index in [1.165, 1.54) is 7.11 Å². The molecule has 92 valence electrons. The minimum atomic E-state index is -0.272. The zero-order chi connectivity index (χ0) is 12.4. The molecule has 0 aromatic heterocycles. The van der Waals surface area contributed by atoms with Crippen LogP contribution >= 0.6 is 0 Å². The highest BCUT2D eigenvalue weighted by atomic mass is 16.5. The van der Waals surface area contributed by atoms with Gasteiger partial charge in [-0.3, -0.25) is 4.79 Å². The molecule has 1 saturated heterocycles. The number of ether oxygens (including phenoxy) is 1. The highest BCUT2D eigenvalue weighted by Crippen LogP contribution is 2.38. The summed E-state index contributed by atoms with van der Waals surface area (Å²) >= 11 is 0. The lowest BCUT2D eigenvalue weighted by molar-refractivity contribution is -0.121. The average Bonchev–Trinajstić information content (AvgIpc) is 2.77. The number of methoxy groups -OCH3 is 1. The molecule has 2 rings (SSSR count). The van der Waals surface area contributed by atoms with Gasteiger partial charge in [0.15, 0.2) is 11.5 Å². The Labute approximate surface area is 99.8 Å². The number of phenolic OH excluding ortho intramolecular Hbond substituents is 1. The lowest BCUT2D eigenvalue weighted by Crippen LogP contribution is -2.27. The first-order valence-electron chi connectivity index (χ1n) is 5.53. The first kappa shape index (κ1) is 11.6. The van der Waals surface area contributed by atoms with Crippen molar-refractivity contribution in [2.75, 3.05) is 25.1 Å². The second kappa shape index (κ2) is 4.53. The summed E-state index contributed by atoms with van der Waals surface area (Å²) in [6.07, 6.45) is 0.744. The number of nitrogens with two attached hydrogens (primary N) is 1. The number of carbonyl (C=O) groups is 1. The van der Waals surface area contributed by atoms with Gasteiger partial charge in [0.05, 0.1) is 18.7 Å². The van der Waals surface area contributed by atoms with Gasteiger partial charge in [0.1, 0.15) is 0 Å². The molecule has 0 spiro atoms. The topological polar surface area (TPSA) is 75.8 Å². The monoisotopic (exact) mass is 236 g/mol. The lowest BCUT2D eigenvalue weighted by atomic mass is 10.1. The van der Waals surface area contributed by atoms with Crippen LogP contribution in [0.25, 0.3) is 0 Å². The summed E-state index contributed by atoms with van der Waals surface area (Å²) in [7, 11) is 1.51. The van der Waals surface area contributed by atoms with Crippen LogP contribution in [0.2, 0.25) is 0 Å². The first-order valence-corrected chi connectivity index (χ1v) is 5.53. The molecule has 0 aliphatic carbocycles. The number of amides is 1. The molecule has 1 amide bonds. The molecule has 1 aromatic carbocycles. The molecule has 1 atom stereocenters. The molecule has 1 aliphatic heterocycles.